The highest BCUT2D eigenvalue weighted by atomic mass is 19.1. The van der Waals surface area contributed by atoms with Crippen molar-refractivity contribution in [2.45, 2.75) is 13.5 Å². The Balaban J connectivity index is 1.41. The van der Waals surface area contributed by atoms with Gasteiger partial charge in [0.05, 0.1) is 12.1 Å². The summed E-state index contributed by atoms with van der Waals surface area (Å²) in [4.78, 5) is 27.8. The molecule has 1 fully saturated rings. The first-order chi connectivity index (χ1) is 14.0. The van der Waals surface area contributed by atoms with Crippen molar-refractivity contribution >= 4 is 22.6 Å². The molecule has 0 saturated carbocycles. The van der Waals surface area contributed by atoms with Gasteiger partial charge in [-0.3, -0.25) is 9.36 Å². The first-order valence-corrected chi connectivity index (χ1v) is 9.39. The van der Waals surface area contributed by atoms with Gasteiger partial charge in [-0.05, 0) is 49.4 Å². The average molecular weight is 393 g/mol. The van der Waals surface area contributed by atoms with Crippen LogP contribution in [-0.2, 0) is 6.54 Å². The van der Waals surface area contributed by atoms with E-state index < -0.39 is 5.76 Å². The highest BCUT2D eigenvalue weighted by Gasteiger charge is 2.15. The van der Waals surface area contributed by atoms with Crippen LogP contribution in [0.5, 0.6) is 0 Å². The molecule has 148 valence electrons. The summed E-state index contributed by atoms with van der Waals surface area (Å²) in [6.07, 6.45) is 0. The van der Waals surface area contributed by atoms with E-state index in [4.69, 9.17) is 4.42 Å². The first kappa shape index (κ1) is 18.8. The zero-order chi connectivity index (χ0) is 20.4. The fourth-order valence-electron chi connectivity index (χ4n) is 3.39. The number of ketones is 1. The van der Waals surface area contributed by atoms with Gasteiger partial charge in [-0.2, -0.15) is 0 Å². The highest BCUT2D eigenvalue weighted by molar-refractivity contribution is 5.96. The molecule has 1 aliphatic heterocycles. The second-order valence-corrected chi connectivity index (χ2v) is 6.93. The summed E-state index contributed by atoms with van der Waals surface area (Å²) < 4.78 is 19.8. The number of carbonyl (C=O) groups excluding carboxylic acids is 1. The molecule has 3 aromatic rings. The van der Waals surface area contributed by atoms with Crippen molar-refractivity contribution in [2.24, 2.45) is 0 Å². The van der Waals surface area contributed by atoms with Crippen LogP contribution in [0.25, 0.3) is 11.1 Å². The van der Waals surface area contributed by atoms with E-state index in [9.17, 15) is 14.0 Å². The van der Waals surface area contributed by atoms with E-state index in [1.807, 2.05) is 4.90 Å². The van der Waals surface area contributed by atoms with Gasteiger partial charge < -0.3 is 14.2 Å². The van der Waals surface area contributed by atoms with E-state index >= 15 is 0 Å². The van der Waals surface area contributed by atoms with Crippen LogP contribution in [0, 0.1) is 17.8 Å². The van der Waals surface area contributed by atoms with Gasteiger partial charge in [-0.1, -0.05) is 5.92 Å². The number of Topliss-reactive ketones (excluding diaryl/α,β-unsaturated/α-hetero) is 1. The molecule has 0 aliphatic carbocycles. The molecule has 1 aliphatic rings. The van der Waals surface area contributed by atoms with E-state index in [1.54, 1.807) is 30.3 Å². The van der Waals surface area contributed by atoms with Crippen LogP contribution in [0.2, 0.25) is 0 Å². The molecule has 0 N–H and O–H groups in total. The number of hydrogen-bond donors (Lipinski definition) is 0. The molecule has 0 atom stereocenters. The van der Waals surface area contributed by atoms with E-state index in [2.05, 4.69) is 16.9 Å². The molecule has 2 heterocycles. The SMILES string of the molecule is CC(=O)c1ccc2c(c1)oc(=O)n2CC#CN1CCN(c2ccc(F)cc2)CC1. The Labute approximate surface area is 167 Å². The maximum atomic E-state index is 13.1. The molecule has 6 nitrogen and oxygen atoms in total. The number of oxazole rings is 1. The number of anilines is 1. The maximum absolute atomic E-state index is 13.1. The Hall–Kier alpha value is -3.53. The number of hydrogen-bond acceptors (Lipinski definition) is 5. The lowest BCUT2D eigenvalue weighted by Crippen LogP contribution is -2.44. The van der Waals surface area contributed by atoms with Crippen molar-refractivity contribution in [3.05, 3.63) is 64.4 Å². The van der Waals surface area contributed by atoms with E-state index in [0.717, 1.165) is 31.9 Å². The van der Waals surface area contributed by atoms with Gasteiger partial charge in [0.15, 0.2) is 11.4 Å². The van der Waals surface area contributed by atoms with Crippen molar-refractivity contribution in [3.63, 3.8) is 0 Å². The molecule has 7 heteroatoms. The van der Waals surface area contributed by atoms with Crippen molar-refractivity contribution in [1.82, 2.24) is 9.47 Å². The molecule has 29 heavy (non-hydrogen) atoms. The number of aromatic nitrogens is 1. The number of halogens is 1. The third kappa shape index (κ3) is 4.02. The van der Waals surface area contributed by atoms with Crippen molar-refractivity contribution in [3.8, 4) is 12.0 Å². The molecule has 4 rings (SSSR count). The summed E-state index contributed by atoms with van der Waals surface area (Å²) in [5.41, 5.74) is 2.51. The average Bonchev–Trinajstić information content (AvgIpc) is 3.03. The molecule has 0 amide bonds. The van der Waals surface area contributed by atoms with Crippen LogP contribution in [0.4, 0.5) is 10.1 Å². The minimum atomic E-state index is -0.490. The van der Waals surface area contributed by atoms with Gasteiger partial charge in [-0.15, -0.1) is 0 Å². The number of benzene rings is 2. The summed E-state index contributed by atoms with van der Waals surface area (Å²) in [5.74, 6) is 2.22. The van der Waals surface area contributed by atoms with Crippen molar-refractivity contribution in [1.29, 1.82) is 0 Å². The third-order valence-electron chi connectivity index (χ3n) is 5.02. The molecule has 0 spiro atoms. The highest BCUT2D eigenvalue weighted by Crippen LogP contribution is 2.17. The number of piperazine rings is 1. The molecule has 1 saturated heterocycles. The Morgan fingerprint density at radius 3 is 2.52 bits per heavy atom. The van der Waals surface area contributed by atoms with Gasteiger partial charge in [0, 0.05) is 43.5 Å². The zero-order valence-electron chi connectivity index (χ0n) is 16.0. The molecule has 0 bridgehead atoms. The summed E-state index contributed by atoms with van der Waals surface area (Å²) in [5, 5.41) is 0. The van der Waals surface area contributed by atoms with E-state index in [0.29, 0.717) is 16.7 Å². The van der Waals surface area contributed by atoms with Gasteiger partial charge in [-0.25, -0.2) is 9.18 Å². The standard InChI is InChI=1S/C22H20FN3O3/c1-16(27)17-3-8-20-21(15-17)29-22(28)26(20)10-2-9-24-11-13-25(14-12-24)19-6-4-18(23)5-7-19/h3-8,15H,10-14H2,1H3. The summed E-state index contributed by atoms with van der Waals surface area (Å²) in [6, 6.07) is 14.6. The zero-order valence-corrected chi connectivity index (χ0v) is 16.0. The molecular weight excluding hydrogens is 373 g/mol. The second-order valence-electron chi connectivity index (χ2n) is 6.93. The van der Waals surface area contributed by atoms with Crippen LogP contribution in [0.3, 0.4) is 0 Å². The predicted molar refractivity (Wildman–Crippen MR) is 108 cm³/mol. The molecule has 0 unspecified atom stereocenters. The van der Waals surface area contributed by atoms with Crippen LogP contribution in [0.15, 0.2) is 51.7 Å². The maximum Gasteiger partial charge on any atom is 0.420 e. The minimum absolute atomic E-state index is 0.0816. The van der Waals surface area contributed by atoms with E-state index in [1.165, 1.54) is 23.6 Å². The molecule has 1 aromatic heterocycles. The summed E-state index contributed by atoms with van der Waals surface area (Å²) in [7, 11) is 0. The second kappa shape index (κ2) is 7.84. The molecule has 2 aromatic carbocycles. The predicted octanol–water partition coefficient (Wildman–Crippen LogP) is 2.72. The lowest BCUT2D eigenvalue weighted by molar-refractivity contribution is 0.101. The van der Waals surface area contributed by atoms with Gasteiger partial charge in [0.1, 0.15) is 5.82 Å². The smallest absolute Gasteiger partial charge is 0.408 e. The molecule has 0 radical (unpaired) electrons. The fraction of sp³-hybridized carbons (Fsp3) is 0.273. The normalized spacial score (nSPS) is 14.0. The van der Waals surface area contributed by atoms with E-state index in [-0.39, 0.29) is 18.1 Å². The first-order valence-electron chi connectivity index (χ1n) is 9.39. The number of nitrogens with zero attached hydrogens (tertiary/aromatic N) is 3. The van der Waals surface area contributed by atoms with Crippen LogP contribution >= 0.6 is 0 Å². The fourth-order valence-corrected chi connectivity index (χ4v) is 3.39. The lowest BCUT2D eigenvalue weighted by atomic mass is 10.1. The number of fused-ring (bicyclic) bond motifs is 1. The Morgan fingerprint density at radius 1 is 1.10 bits per heavy atom. The lowest BCUT2D eigenvalue weighted by Gasteiger charge is -2.34. The Bertz CT molecular complexity index is 1160. The van der Waals surface area contributed by atoms with Gasteiger partial charge in [0.2, 0.25) is 0 Å². The Kier molecular flexibility index (Phi) is 5.09. The quantitative estimate of drug-likeness (QED) is 0.506. The van der Waals surface area contributed by atoms with Crippen LogP contribution < -0.4 is 10.7 Å². The molecular formula is C22H20FN3O3. The third-order valence-corrected chi connectivity index (χ3v) is 5.02. The van der Waals surface area contributed by atoms with Gasteiger partial charge >= 0.3 is 5.76 Å². The van der Waals surface area contributed by atoms with Crippen LogP contribution in [0.1, 0.15) is 17.3 Å². The topological polar surface area (TPSA) is 58.7 Å². The summed E-state index contributed by atoms with van der Waals surface area (Å²) in [6.45, 7) is 4.78. The Morgan fingerprint density at radius 2 is 1.83 bits per heavy atom. The largest absolute Gasteiger partial charge is 0.420 e. The monoisotopic (exact) mass is 393 g/mol. The number of carbonyl (C=O) groups is 1. The van der Waals surface area contributed by atoms with Gasteiger partial charge in [0.25, 0.3) is 0 Å². The van der Waals surface area contributed by atoms with Crippen molar-refractivity contribution < 1.29 is 13.6 Å². The minimum Gasteiger partial charge on any atom is -0.408 e. The van der Waals surface area contributed by atoms with Crippen LogP contribution in [-0.4, -0.2) is 41.4 Å². The summed E-state index contributed by atoms with van der Waals surface area (Å²) >= 11 is 0. The number of rotatable bonds is 3. The van der Waals surface area contributed by atoms with Crippen molar-refractivity contribution in [2.75, 3.05) is 31.1 Å².